The molecular weight excluding hydrogens is 234 g/mol. The molecule has 1 aromatic heterocycles. The molecular formula is C16H21N3. The average Bonchev–Trinajstić information content (AvgIpc) is 2.85. The minimum atomic E-state index is 0.656. The van der Waals surface area contributed by atoms with Gasteiger partial charge in [-0.3, -0.25) is 0 Å². The number of unbranched alkanes of at least 4 members (excludes halogenated alkanes) is 5. The van der Waals surface area contributed by atoms with Gasteiger partial charge in [0, 0.05) is 6.42 Å². The Morgan fingerprint density at radius 2 is 1.95 bits per heavy atom. The average molecular weight is 255 g/mol. The third-order valence-corrected chi connectivity index (χ3v) is 3.45. The second kappa shape index (κ2) is 6.94. The van der Waals surface area contributed by atoms with Crippen molar-refractivity contribution in [2.75, 3.05) is 0 Å². The highest BCUT2D eigenvalue weighted by Crippen LogP contribution is 2.17. The van der Waals surface area contributed by atoms with Gasteiger partial charge in [0.15, 0.2) is 0 Å². The van der Waals surface area contributed by atoms with Crippen molar-refractivity contribution in [2.24, 2.45) is 0 Å². The highest BCUT2D eigenvalue weighted by atomic mass is 14.9. The van der Waals surface area contributed by atoms with E-state index in [0.717, 1.165) is 23.3 Å². The fourth-order valence-electron chi connectivity index (χ4n) is 2.36. The van der Waals surface area contributed by atoms with E-state index in [9.17, 15) is 0 Å². The molecule has 0 atom stereocenters. The Kier molecular flexibility index (Phi) is 4.97. The summed E-state index contributed by atoms with van der Waals surface area (Å²) in [6.07, 6.45) is 8.71. The van der Waals surface area contributed by atoms with Gasteiger partial charge in [-0.1, -0.05) is 45.1 Å². The van der Waals surface area contributed by atoms with Gasteiger partial charge in [0.05, 0.1) is 11.1 Å². The number of nitrogens with one attached hydrogen (secondary N) is 1. The van der Waals surface area contributed by atoms with Crippen LogP contribution in [0.2, 0.25) is 0 Å². The second-order valence-electron chi connectivity index (χ2n) is 5.01. The standard InChI is InChI=1S/C16H21N3/c1-2-3-4-5-6-7-11-15-18-14-10-8-9-13(12-17)16(14)19-15/h8-10H,2-7,11H2,1H3,(H,18,19). The third-order valence-electron chi connectivity index (χ3n) is 3.45. The minimum Gasteiger partial charge on any atom is -0.342 e. The van der Waals surface area contributed by atoms with E-state index in [2.05, 4.69) is 23.0 Å². The van der Waals surface area contributed by atoms with E-state index < -0.39 is 0 Å². The highest BCUT2D eigenvalue weighted by Gasteiger charge is 2.06. The van der Waals surface area contributed by atoms with Crippen LogP contribution in [0.15, 0.2) is 18.2 Å². The Labute approximate surface area is 114 Å². The van der Waals surface area contributed by atoms with Crippen LogP contribution >= 0.6 is 0 Å². The second-order valence-corrected chi connectivity index (χ2v) is 5.01. The predicted octanol–water partition coefficient (Wildman–Crippen LogP) is 4.34. The molecule has 3 nitrogen and oxygen atoms in total. The molecule has 0 aliphatic heterocycles. The molecule has 0 amide bonds. The molecule has 2 rings (SSSR count). The van der Waals surface area contributed by atoms with E-state index in [1.54, 1.807) is 0 Å². The van der Waals surface area contributed by atoms with Gasteiger partial charge in [-0.05, 0) is 18.6 Å². The van der Waals surface area contributed by atoms with Crippen molar-refractivity contribution in [3.63, 3.8) is 0 Å². The fourth-order valence-corrected chi connectivity index (χ4v) is 2.36. The van der Waals surface area contributed by atoms with Crippen molar-refractivity contribution >= 4 is 11.0 Å². The molecule has 0 unspecified atom stereocenters. The van der Waals surface area contributed by atoms with Crippen molar-refractivity contribution in [3.8, 4) is 6.07 Å². The number of aromatic nitrogens is 2. The molecule has 100 valence electrons. The number of fused-ring (bicyclic) bond motifs is 1. The summed E-state index contributed by atoms with van der Waals surface area (Å²) in [6, 6.07) is 7.88. The summed E-state index contributed by atoms with van der Waals surface area (Å²) in [6.45, 7) is 2.24. The summed E-state index contributed by atoms with van der Waals surface area (Å²) < 4.78 is 0. The summed E-state index contributed by atoms with van der Waals surface area (Å²) in [5.41, 5.74) is 2.44. The molecule has 0 spiro atoms. The Balaban J connectivity index is 1.90. The largest absolute Gasteiger partial charge is 0.342 e. The molecule has 0 aliphatic rings. The van der Waals surface area contributed by atoms with Gasteiger partial charge in [-0.25, -0.2) is 4.98 Å². The van der Waals surface area contributed by atoms with E-state index >= 15 is 0 Å². The van der Waals surface area contributed by atoms with Crippen LogP contribution < -0.4 is 0 Å². The molecule has 1 heterocycles. The first-order valence-electron chi connectivity index (χ1n) is 7.23. The van der Waals surface area contributed by atoms with Crippen molar-refractivity contribution in [1.82, 2.24) is 9.97 Å². The number of nitriles is 1. The maximum absolute atomic E-state index is 9.04. The van der Waals surface area contributed by atoms with Crippen molar-refractivity contribution in [2.45, 2.75) is 51.9 Å². The van der Waals surface area contributed by atoms with E-state index in [0.29, 0.717) is 5.56 Å². The number of benzene rings is 1. The number of para-hydroxylation sites is 1. The van der Waals surface area contributed by atoms with Gasteiger partial charge in [0.25, 0.3) is 0 Å². The zero-order valence-electron chi connectivity index (χ0n) is 11.6. The number of H-pyrrole nitrogens is 1. The van der Waals surface area contributed by atoms with E-state index in [4.69, 9.17) is 5.26 Å². The Morgan fingerprint density at radius 1 is 1.16 bits per heavy atom. The maximum Gasteiger partial charge on any atom is 0.107 e. The summed E-state index contributed by atoms with van der Waals surface area (Å²) in [5.74, 6) is 1.01. The van der Waals surface area contributed by atoms with Crippen LogP contribution in [0.3, 0.4) is 0 Å². The first kappa shape index (κ1) is 13.6. The lowest BCUT2D eigenvalue weighted by atomic mass is 10.1. The Hall–Kier alpha value is -1.82. The van der Waals surface area contributed by atoms with Crippen LogP contribution in [-0.2, 0) is 6.42 Å². The molecule has 0 aliphatic carbocycles. The van der Waals surface area contributed by atoms with Crippen LogP contribution in [0.1, 0.15) is 56.8 Å². The molecule has 0 bridgehead atoms. The van der Waals surface area contributed by atoms with E-state index in [-0.39, 0.29) is 0 Å². The lowest BCUT2D eigenvalue weighted by Crippen LogP contribution is -1.88. The number of hydrogen-bond acceptors (Lipinski definition) is 2. The highest BCUT2D eigenvalue weighted by molar-refractivity contribution is 5.81. The smallest absolute Gasteiger partial charge is 0.107 e. The molecule has 1 N–H and O–H groups in total. The SMILES string of the molecule is CCCCCCCCc1nc2c(C#N)cccc2[nH]1. The number of aryl methyl sites for hydroxylation is 1. The Bertz CT molecular complexity index is 563. The third kappa shape index (κ3) is 3.57. The zero-order valence-corrected chi connectivity index (χ0v) is 11.6. The van der Waals surface area contributed by atoms with Gasteiger partial charge >= 0.3 is 0 Å². The zero-order chi connectivity index (χ0) is 13.5. The molecule has 19 heavy (non-hydrogen) atoms. The molecule has 3 heteroatoms. The van der Waals surface area contributed by atoms with Gasteiger partial charge in [0.1, 0.15) is 17.4 Å². The van der Waals surface area contributed by atoms with Crippen molar-refractivity contribution < 1.29 is 0 Å². The maximum atomic E-state index is 9.04. The lowest BCUT2D eigenvalue weighted by molar-refractivity contribution is 0.602. The summed E-state index contributed by atoms with van der Waals surface area (Å²) in [5, 5.41) is 9.04. The minimum absolute atomic E-state index is 0.656. The van der Waals surface area contributed by atoms with E-state index in [1.807, 2.05) is 18.2 Å². The first-order valence-corrected chi connectivity index (χ1v) is 7.23. The summed E-state index contributed by atoms with van der Waals surface area (Å²) in [4.78, 5) is 7.85. The van der Waals surface area contributed by atoms with Crippen LogP contribution in [0.5, 0.6) is 0 Å². The number of imidazole rings is 1. The quantitative estimate of drug-likeness (QED) is 0.748. The molecule has 0 radical (unpaired) electrons. The van der Waals surface area contributed by atoms with Crippen LogP contribution in [0.25, 0.3) is 11.0 Å². The topological polar surface area (TPSA) is 52.5 Å². The normalized spacial score (nSPS) is 10.7. The molecule has 0 saturated carbocycles. The van der Waals surface area contributed by atoms with Crippen LogP contribution in [0.4, 0.5) is 0 Å². The van der Waals surface area contributed by atoms with Crippen molar-refractivity contribution in [1.29, 1.82) is 5.26 Å². The molecule has 0 saturated heterocycles. The molecule has 2 aromatic rings. The van der Waals surface area contributed by atoms with Crippen molar-refractivity contribution in [3.05, 3.63) is 29.6 Å². The number of rotatable bonds is 7. The monoisotopic (exact) mass is 255 g/mol. The summed E-state index contributed by atoms with van der Waals surface area (Å²) >= 11 is 0. The number of aromatic amines is 1. The van der Waals surface area contributed by atoms with Gasteiger partial charge in [-0.2, -0.15) is 5.26 Å². The molecule has 0 fully saturated rings. The summed E-state index contributed by atoms with van der Waals surface area (Å²) in [7, 11) is 0. The van der Waals surface area contributed by atoms with Crippen LogP contribution in [0, 0.1) is 11.3 Å². The fraction of sp³-hybridized carbons (Fsp3) is 0.500. The molecule has 1 aromatic carbocycles. The van der Waals surface area contributed by atoms with E-state index in [1.165, 1.54) is 38.5 Å². The van der Waals surface area contributed by atoms with Gasteiger partial charge in [-0.15, -0.1) is 0 Å². The number of hydrogen-bond donors (Lipinski definition) is 1. The van der Waals surface area contributed by atoms with Crippen LogP contribution in [-0.4, -0.2) is 9.97 Å². The predicted molar refractivity (Wildman–Crippen MR) is 77.9 cm³/mol. The Morgan fingerprint density at radius 3 is 2.74 bits per heavy atom. The lowest BCUT2D eigenvalue weighted by Gasteiger charge is -1.98. The first-order chi connectivity index (χ1) is 9.35. The van der Waals surface area contributed by atoms with Gasteiger partial charge in [0.2, 0.25) is 0 Å². The number of nitrogens with zero attached hydrogens (tertiary/aromatic N) is 2. The van der Waals surface area contributed by atoms with Gasteiger partial charge < -0.3 is 4.98 Å².